The summed E-state index contributed by atoms with van der Waals surface area (Å²) >= 11 is 0. The lowest BCUT2D eigenvalue weighted by molar-refractivity contribution is 0.410. The second-order valence-electron chi connectivity index (χ2n) is 5.59. The SMILES string of the molecule is COc1cc(F)ccc1N1CCN(c2ncnc3nc[nH]c23)CC1. The minimum Gasteiger partial charge on any atom is -0.494 e. The van der Waals surface area contributed by atoms with E-state index in [2.05, 4.69) is 29.7 Å². The zero-order chi connectivity index (χ0) is 16.5. The highest BCUT2D eigenvalue weighted by atomic mass is 19.1. The van der Waals surface area contributed by atoms with Gasteiger partial charge in [-0.05, 0) is 12.1 Å². The number of rotatable bonds is 3. The number of hydrogen-bond acceptors (Lipinski definition) is 6. The molecule has 0 radical (unpaired) electrons. The van der Waals surface area contributed by atoms with Crippen molar-refractivity contribution in [3.05, 3.63) is 36.7 Å². The number of aromatic nitrogens is 4. The van der Waals surface area contributed by atoms with Crippen LogP contribution < -0.4 is 14.5 Å². The second-order valence-corrected chi connectivity index (χ2v) is 5.59. The summed E-state index contributed by atoms with van der Waals surface area (Å²) in [6.45, 7) is 3.18. The van der Waals surface area contributed by atoms with Crippen molar-refractivity contribution in [1.29, 1.82) is 0 Å². The molecular weight excluding hydrogens is 311 g/mol. The lowest BCUT2D eigenvalue weighted by atomic mass is 10.2. The summed E-state index contributed by atoms with van der Waals surface area (Å²) in [5.41, 5.74) is 2.43. The van der Waals surface area contributed by atoms with Crippen LogP contribution in [0.3, 0.4) is 0 Å². The normalized spacial score (nSPS) is 15.1. The van der Waals surface area contributed by atoms with Gasteiger partial charge in [-0.2, -0.15) is 0 Å². The maximum absolute atomic E-state index is 13.4. The standard InChI is InChI=1S/C16H17FN6O/c1-24-13-8-11(17)2-3-12(13)22-4-6-23(7-5-22)16-14-15(19-9-18-14)20-10-21-16/h2-3,8-10H,4-7H2,1H3,(H,18,19,20,21). The number of methoxy groups -OCH3 is 1. The van der Waals surface area contributed by atoms with Gasteiger partial charge in [0.2, 0.25) is 0 Å². The van der Waals surface area contributed by atoms with Crippen LogP contribution in [-0.4, -0.2) is 53.2 Å². The number of hydrogen-bond donors (Lipinski definition) is 1. The molecule has 0 bridgehead atoms. The fraction of sp³-hybridized carbons (Fsp3) is 0.312. The number of nitrogens with zero attached hydrogens (tertiary/aromatic N) is 5. The van der Waals surface area contributed by atoms with Crippen LogP contribution in [-0.2, 0) is 0 Å². The first-order valence-electron chi connectivity index (χ1n) is 7.74. The quantitative estimate of drug-likeness (QED) is 0.791. The molecule has 1 aromatic carbocycles. The number of halogens is 1. The molecule has 3 heterocycles. The Bertz CT molecular complexity index is 859. The Morgan fingerprint density at radius 1 is 1.08 bits per heavy atom. The summed E-state index contributed by atoms with van der Waals surface area (Å²) in [5.74, 6) is 1.13. The van der Waals surface area contributed by atoms with Gasteiger partial charge in [0.15, 0.2) is 11.5 Å². The molecule has 1 fully saturated rings. The summed E-state index contributed by atoms with van der Waals surface area (Å²) in [6.07, 6.45) is 3.16. The van der Waals surface area contributed by atoms with Gasteiger partial charge >= 0.3 is 0 Å². The Morgan fingerprint density at radius 3 is 2.67 bits per heavy atom. The van der Waals surface area contributed by atoms with Crippen molar-refractivity contribution < 1.29 is 9.13 Å². The number of ether oxygens (including phenoxy) is 1. The largest absolute Gasteiger partial charge is 0.494 e. The molecule has 1 aliphatic rings. The molecule has 8 heteroatoms. The van der Waals surface area contributed by atoms with E-state index in [9.17, 15) is 4.39 Å². The van der Waals surface area contributed by atoms with E-state index in [4.69, 9.17) is 4.74 Å². The van der Waals surface area contributed by atoms with Crippen LogP contribution >= 0.6 is 0 Å². The van der Waals surface area contributed by atoms with E-state index in [0.717, 1.165) is 43.2 Å². The van der Waals surface area contributed by atoms with Crippen LogP contribution in [0.25, 0.3) is 11.2 Å². The monoisotopic (exact) mass is 328 g/mol. The Kier molecular flexibility index (Phi) is 3.64. The molecule has 1 N–H and O–H groups in total. The minimum absolute atomic E-state index is 0.295. The van der Waals surface area contributed by atoms with E-state index >= 15 is 0 Å². The van der Waals surface area contributed by atoms with Crippen molar-refractivity contribution in [1.82, 2.24) is 19.9 Å². The number of aromatic amines is 1. The first-order chi connectivity index (χ1) is 11.8. The van der Waals surface area contributed by atoms with Crippen molar-refractivity contribution in [2.24, 2.45) is 0 Å². The number of fused-ring (bicyclic) bond motifs is 1. The number of imidazole rings is 1. The Balaban J connectivity index is 1.54. The number of nitrogens with one attached hydrogen (secondary N) is 1. The summed E-state index contributed by atoms with van der Waals surface area (Å²) in [5, 5.41) is 0. The highest BCUT2D eigenvalue weighted by Gasteiger charge is 2.22. The molecular formula is C16H17FN6O. The van der Waals surface area contributed by atoms with Crippen molar-refractivity contribution in [2.45, 2.75) is 0 Å². The Hall–Kier alpha value is -2.90. The smallest absolute Gasteiger partial charge is 0.182 e. The number of H-pyrrole nitrogens is 1. The van der Waals surface area contributed by atoms with E-state index in [0.29, 0.717) is 11.4 Å². The van der Waals surface area contributed by atoms with Crippen LogP contribution in [0.1, 0.15) is 0 Å². The van der Waals surface area contributed by atoms with Gasteiger partial charge in [-0.3, -0.25) is 0 Å². The van der Waals surface area contributed by atoms with Crippen LogP contribution in [0, 0.1) is 5.82 Å². The summed E-state index contributed by atoms with van der Waals surface area (Å²) in [6, 6.07) is 4.64. The van der Waals surface area contributed by atoms with Crippen molar-refractivity contribution >= 4 is 22.7 Å². The molecule has 7 nitrogen and oxygen atoms in total. The fourth-order valence-corrected chi connectivity index (χ4v) is 3.06. The lowest BCUT2D eigenvalue weighted by Crippen LogP contribution is -2.47. The van der Waals surface area contributed by atoms with Crippen molar-refractivity contribution in [3.63, 3.8) is 0 Å². The van der Waals surface area contributed by atoms with E-state index in [1.54, 1.807) is 19.5 Å². The third kappa shape index (κ3) is 2.49. The molecule has 0 spiro atoms. The maximum Gasteiger partial charge on any atom is 0.182 e. The number of piperazine rings is 1. The third-order valence-electron chi connectivity index (χ3n) is 4.26. The minimum atomic E-state index is -0.295. The molecule has 0 amide bonds. The highest BCUT2D eigenvalue weighted by Crippen LogP contribution is 2.30. The molecule has 0 unspecified atom stereocenters. The van der Waals surface area contributed by atoms with Crippen molar-refractivity contribution in [2.75, 3.05) is 43.1 Å². The summed E-state index contributed by atoms with van der Waals surface area (Å²) in [4.78, 5) is 20.2. The van der Waals surface area contributed by atoms with Gasteiger partial charge in [0.25, 0.3) is 0 Å². The van der Waals surface area contributed by atoms with E-state index in [1.165, 1.54) is 18.5 Å². The van der Waals surface area contributed by atoms with Crippen molar-refractivity contribution in [3.8, 4) is 5.75 Å². The summed E-state index contributed by atoms with van der Waals surface area (Å²) in [7, 11) is 1.56. The van der Waals surface area contributed by atoms with E-state index < -0.39 is 0 Å². The Labute approximate surface area is 138 Å². The molecule has 124 valence electrons. The second kappa shape index (κ2) is 5.95. The Morgan fingerprint density at radius 2 is 1.88 bits per heavy atom. The predicted molar refractivity (Wildman–Crippen MR) is 89.1 cm³/mol. The molecule has 24 heavy (non-hydrogen) atoms. The van der Waals surface area contributed by atoms with Gasteiger partial charge in [-0.15, -0.1) is 0 Å². The first-order valence-corrected chi connectivity index (χ1v) is 7.74. The molecule has 1 aliphatic heterocycles. The predicted octanol–water partition coefficient (Wildman–Crippen LogP) is 1.83. The van der Waals surface area contributed by atoms with Gasteiger partial charge in [0.1, 0.15) is 23.4 Å². The van der Waals surface area contributed by atoms with Crippen LogP contribution in [0.5, 0.6) is 5.75 Å². The lowest BCUT2D eigenvalue weighted by Gasteiger charge is -2.37. The first kappa shape index (κ1) is 14.7. The van der Waals surface area contributed by atoms with Gasteiger partial charge < -0.3 is 19.5 Å². The molecule has 3 aromatic rings. The van der Waals surface area contributed by atoms with E-state index in [-0.39, 0.29) is 5.82 Å². The molecule has 2 aromatic heterocycles. The summed E-state index contributed by atoms with van der Waals surface area (Å²) < 4.78 is 18.7. The molecule has 1 saturated heterocycles. The molecule has 4 rings (SSSR count). The zero-order valence-electron chi connectivity index (χ0n) is 13.2. The van der Waals surface area contributed by atoms with Crippen LogP contribution in [0.4, 0.5) is 15.9 Å². The highest BCUT2D eigenvalue weighted by molar-refractivity contribution is 5.82. The zero-order valence-corrected chi connectivity index (χ0v) is 13.2. The number of anilines is 2. The van der Waals surface area contributed by atoms with Crippen LogP contribution in [0.15, 0.2) is 30.9 Å². The van der Waals surface area contributed by atoms with Gasteiger partial charge in [0.05, 0.1) is 19.1 Å². The average molecular weight is 328 g/mol. The van der Waals surface area contributed by atoms with Crippen LogP contribution in [0.2, 0.25) is 0 Å². The van der Waals surface area contributed by atoms with Gasteiger partial charge in [-0.25, -0.2) is 19.3 Å². The number of benzene rings is 1. The van der Waals surface area contributed by atoms with Gasteiger partial charge in [0, 0.05) is 32.2 Å². The van der Waals surface area contributed by atoms with E-state index in [1.807, 2.05) is 0 Å². The topological polar surface area (TPSA) is 70.2 Å². The maximum atomic E-state index is 13.4. The molecule has 0 atom stereocenters. The third-order valence-corrected chi connectivity index (χ3v) is 4.26. The molecule has 0 saturated carbocycles. The average Bonchev–Trinajstić information content (AvgIpc) is 3.10. The fourth-order valence-electron chi connectivity index (χ4n) is 3.06. The molecule has 0 aliphatic carbocycles. The van der Waals surface area contributed by atoms with Gasteiger partial charge in [-0.1, -0.05) is 0 Å².